The van der Waals surface area contributed by atoms with Gasteiger partial charge in [-0.3, -0.25) is 4.79 Å². The summed E-state index contributed by atoms with van der Waals surface area (Å²) in [5, 5.41) is 10.3. The fraction of sp³-hybridized carbons (Fsp3) is 0.737. The Bertz CT molecular complexity index is 486. The number of fused-ring (bicyclic) bond motifs is 1. The Hall–Kier alpha value is -1.01. The summed E-state index contributed by atoms with van der Waals surface area (Å²) in [6.07, 6.45) is 8.13. The highest BCUT2D eigenvalue weighted by Gasteiger charge is 2.36. The number of aliphatic hydroxyl groups is 1. The number of aliphatic hydroxyl groups excluding tert-OH is 1. The molecule has 3 aliphatic rings. The van der Waals surface area contributed by atoms with Crippen LogP contribution < -0.4 is 0 Å². The Morgan fingerprint density at radius 3 is 2.96 bits per heavy atom. The summed E-state index contributed by atoms with van der Waals surface area (Å²) in [7, 11) is 0. The molecule has 3 heterocycles. The van der Waals surface area contributed by atoms with Crippen LogP contribution >= 0.6 is 0 Å². The molecule has 0 aromatic rings. The Labute approximate surface area is 143 Å². The summed E-state index contributed by atoms with van der Waals surface area (Å²) in [4.78, 5) is 12.0. The summed E-state index contributed by atoms with van der Waals surface area (Å²) >= 11 is 0. The molecule has 0 bridgehead atoms. The molecule has 3 aliphatic heterocycles. The van der Waals surface area contributed by atoms with Gasteiger partial charge in [0.1, 0.15) is 0 Å². The Morgan fingerprint density at radius 1 is 1.29 bits per heavy atom. The number of hydrogen-bond donors (Lipinski definition) is 1. The van der Waals surface area contributed by atoms with Crippen LogP contribution in [0, 0.1) is 0 Å². The first-order valence-electron chi connectivity index (χ1n) is 9.06. The minimum absolute atomic E-state index is 0.0184. The Balaban J connectivity index is 1.40. The molecule has 5 atom stereocenters. The SMILES string of the molecule is C=C1COC(CCC(=O)/C=C/C(O)C2CCC3OCCCC3O2)C1. The van der Waals surface area contributed by atoms with Crippen molar-refractivity contribution in [1.82, 2.24) is 0 Å². The number of allylic oxidation sites excluding steroid dienone is 1. The second-order valence-electron chi connectivity index (χ2n) is 7.08. The predicted molar refractivity (Wildman–Crippen MR) is 89.8 cm³/mol. The molecule has 0 spiro atoms. The zero-order valence-electron chi connectivity index (χ0n) is 14.2. The molecule has 5 heteroatoms. The third kappa shape index (κ3) is 4.76. The largest absolute Gasteiger partial charge is 0.386 e. The third-order valence-electron chi connectivity index (χ3n) is 5.08. The maximum absolute atomic E-state index is 12.0. The van der Waals surface area contributed by atoms with E-state index >= 15 is 0 Å². The highest BCUT2D eigenvalue weighted by molar-refractivity contribution is 5.89. The average molecular weight is 336 g/mol. The van der Waals surface area contributed by atoms with Gasteiger partial charge in [-0.1, -0.05) is 12.7 Å². The van der Waals surface area contributed by atoms with Crippen molar-refractivity contribution in [2.24, 2.45) is 0 Å². The summed E-state index contributed by atoms with van der Waals surface area (Å²) in [5.74, 6) is 0.0184. The first kappa shape index (κ1) is 17.8. The molecular weight excluding hydrogens is 308 g/mol. The van der Waals surface area contributed by atoms with Crippen molar-refractivity contribution >= 4 is 5.78 Å². The number of carbonyl (C=O) groups excluding carboxylic acids is 1. The molecule has 0 radical (unpaired) electrons. The number of ketones is 1. The maximum atomic E-state index is 12.0. The molecule has 3 fully saturated rings. The van der Waals surface area contributed by atoms with Crippen molar-refractivity contribution in [3.63, 3.8) is 0 Å². The van der Waals surface area contributed by atoms with Crippen LogP contribution in [0.4, 0.5) is 0 Å². The van der Waals surface area contributed by atoms with Gasteiger partial charge in [0.05, 0.1) is 37.1 Å². The summed E-state index contributed by atoms with van der Waals surface area (Å²) in [5.41, 5.74) is 1.10. The maximum Gasteiger partial charge on any atom is 0.155 e. The lowest BCUT2D eigenvalue weighted by atomic mass is 9.93. The van der Waals surface area contributed by atoms with Crippen LogP contribution in [0.2, 0.25) is 0 Å². The molecule has 24 heavy (non-hydrogen) atoms. The van der Waals surface area contributed by atoms with Crippen molar-refractivity contribution < 1.29 is 24.1 Å². The van der Waals surface area contributed by atoms with E-state index in [-0.39, 0.29) is 30.2 Å². The number of ether oxygens (including phenoxy) is 3. The molecule has 5 unspecified atom stereocenters. The normalized spacial score (nSPS) is 35.1. The third-order valence-corrected chi connectivity index (χ3v) is 5.08. The molecule has 5 nitrogen and oxygen atoms in total. The quantitative estimate of drug-likeness (QED) is 0.596. The average Bonchev–Trinajstić information content (AvgIpc) is 3.02. The van der Waals surface area contributed by atoms with E-state index in [1.165, 1.54) is 6.08 Å². The van der Waals surface area contributed by atoms with E-state index in [1.54, 1.807) is 6.08 Å². The van der Waals surface area contributed by atoms with Crippen molar-refractivity contribution in [2.75, 3.05) is 13.2 Å². The van der Waals surface area contributed by atoms with Crippen LogP contribution in [0.25, 0.3) is 0 Å². The van der Waals surface area contributed by atoms with Crippen LogP contribution in [0.15, 0.2) is 24.3 Å². The predicted octanol–water partition coefficient (Wildman–Crippen LogP) is 2.32. The summed E-state index contributed by atoms with van der Waals surface area (Å²) in [6, 6.07) is 0. The van der Waals surface area contributed by atoms with Gasteiger partial charge >= 0.3 is 0 Å². The number of carbonyl (C=O) groups is 1. The van der Waals surface area contributed by atoms with Gasteiger partial charge in [0.2, 0.25) is 0 Å². The van der Waals surface area contributed by atoms with Crippen LogP contribution in [-0.2, 0) is 19.0 Å². The van der Waals surface area contributed by atoms with Gasteiger partial charge in [-0.05, 0) is 50.2 Å². The van der Waals surface area contributed by atoms with Gasteiger partial charge in [-0.25, -0.2) is 0 Å². The van der Waals surface area contributed by atoms with E-state index in [0.717, 1.165) is 44.3 Å². The first-order valence-corrected chi connectivity index (χ1v) is 9.06. The lowest BCUT2D eigenvalue weighted by molar-refractivity contribution is -0.180. The minimum Gasteiger partial charge on any atom is -0.386 e. The van der Waals surface area contributed by atoms with E-state index < -0.39 is 6.10 Å². The van der Waals surface area contributed by atoms with E-state index in [9.17, 15) is 9.90 Å². The summed E-state index contributed by atoms with van der Waals surface area (Å²) < 4.78 is 17.2. The first-order chi connectivity index (χ1) is 11.6. The molecule has 0 saturated carbocycles. The lowest BCUT2D eigenvalue weighted by Gasteiger charge is -2.40. The van der Waals surface area contributed by atoms with E-state index in [4.69, 9.17) is 14.2 Å². The highest BCUT2D eigenvalue weighted by Crippen LogP contribution is 2.30. The Kier molecular flexibility index (Phi) is 6.22. The smallest absolute Gasteiger partial charge is 0.155 e. The van der Waals surface area contributed by atoms with Crippen molar-refractivity contribution in [3.8, 4) is 0 Å². The van der Waals surface area contributed by atoms with Crippen LogP contribution in [0.5, 0.6) is 0 Å². The standard InChI is InChI=1S/C19H28O5/c1-13-11-15(23-12-13)6-4-14(20)5-7-16(21)17-8-9-18-19(24-17)3-2-10-22-18/h5,7,15-19,21H,1-4,6,8-12H2/b7-5+. The molecule has 3 rings (SSSR count). The molecule has 0 aliphatic carbocycles. The van der Waals surface area contributed by atoms with Crippen molar-refractivity contribution in [2.45, 2.75) is 75.5 Å². The molecule has 0 aromatic heterocycles. The van der Waals surface area contributed by atoms with Crippen molar-refractivity contribution in [3.05, 3.63) is 24.3 Å². The van der Waals surface area contributed by atoms with Gasteiger partial charge < -0.3 is 19.3 Å². The molecule has 134 valence electrons. The topological polar surface area (TPSA) is 65.0 Å². The minimum atomic E-state index is -0.737. The van der Waals surface area contributed by atoms with E-state index in [1.807, 2.05) is 0 Å². The fourth-order valence-corrected chi connectivity index (χ4v) is 3.69. The lowest BCUT2D eigenvalue weighted by Crippen LogP contribution is -2.46. The molecule has 0 amide bonds. The molecule has 1 N–H and O–H groups in total. The number of rotatable bonds is 6. The number of hydrogen-bond acceptors (Lipinski definition) is 5. The van der Waals surface area contributed by atoms with Crippen LogP contribution in [-0.4, -0.2) is 54.6 Å². The molecule has 0 aromatic carbocycles. The fourth-order valence-electron chi connectivity index (χ4n) is 3.69. The highest BCUT2D eigenvalue weighted by atomic mass is 16.6. The zero-order valence-corrected chi connectivity index (χ0v) is 14.2. The van der Waals surface area contributed by atoms with Crippen LogP contribution in [0.3, 0.4) is 0 Å². The summed E-state index contributed by atoms with van der Waals surface area (Å²) in [6.45, 7) is 5.31. The second-order valence-corrected chi connectivity index (χ2v) is 7.08. The van der Waals surface area contributed by atoms with E-state index in [0.29, 0.717) is 19.4 Å². The zero-order chi connectivity index (χ0) is 16.9. The Morgan fingerprint density at radius 2 is 2.17 bits per heavy atom. The van der Waals surface area contributed by atoms with E-state index in [2.05, 4.69) is 6.58 Å². The van der Waals surface area contributed by atoms with Gasteiger partial charge in [0, 0.05) is 13.0 Å². The van der Waals surface area contributed by atoms with Gasteiger partial charge in [-0.15, -0.1) is 0 Å². The van der Waals surface area contributed by atoms with Gasteiger partial charge in [-0.2, -0.15) is 0 Å². The molecular formula is C19H28O5. The van der Waals surface area contributed by atoms with Crippen molar-refractivity contribution in [1.29, 1.82) is 0 Å². The monoisotopic (exact) mass is 336 g/mol. The van der Waals surface area contributed by atoms with Gasteiger partial charge in [0.15, 0.2) is 5.78 Å². The van der Waals surface area contributed by atoms with Crippen LogP contribution in [0.1, 0.15) is 44.9 Å². The second kappa shape index (κ2) is 8.39. The molecule has 3 saturated heterocycles. The van der Waals surface area contributed by atoms with Gasteiger partial charge in [0.25, 0.3) is 0 Å².